The van der Waals surface area contributed by atoms with Gasteiger partial charge >= 0.3 is 0 Å². The van der Waals surface area contributed by atoms with Crippen molar-refractivity contribution < 1.29 is 9.47 Å². The Kier molecular flexibility index (Phi) is 6.23. The number of rotatable bonds is 7. The molecule has 0 saturated carbocycles. The maximum Gasteiger partial charge on any atom is 0.119 e. The fourth-order valence-corrected chi connectivity index (χ4v) is 4.74. The van der Waals surface area contributed by atoms with E-state index in [9.17, 15) is 0 Å². The molecule has 0 radical (unpaired) electrons. The third kappa shape index (κ3) is 4.89. The Morgan fingerprint density at radius 2 is 1.82 bits per heavy atom. The molecule has 7 heteroatoms. The number of hydrogen-bond donors (Lipinski definition) is 0. The number of benzene rings is 1. The summed E-state index contributed by atoms with van der Waals surface area (Å²) in [6.45, 7) is 8.66. The summed E-state index contributed by atoms with van der Waals surface area (Å²) in [5, 5.41) is 8.85. The van der Waals surface area contributed by atoms with Gasteiger partial charge < -0.3 is 9.47 Å². The fraction of sp³-hybridized carbons (Fsp3) is 0.524. The van der Waals surface area contributed by atoms with Crippen LogP contribution in [0.2, 0.25) is 0 Å². The van der Waals surface area contributed by atoms with Crippen LogP contribution in [0.3, 0.4) is 0 Å². The predicted molar refractivity (Wildman–Crippen MR) is 109 cm³/mol. The topological polar surface area (TPSA) is 61.6 Å². The quantitative estimate of drug-likeness (QED) is 0.713. The Hall–Kier alpha value is -1.98. The van der Waals surface area contributed by atoms with Gasteiger partial charge in [-0.15, -0.1) is 11.3 Å². The van der Waals surface area contributed by atoms with Crippen LogP contribution in [0.15, 0.2) is 29.8 Å². The molecular weight excluding hydrogens is 372 g/mol. The molecular formula is C21H26N4O2S. The van der Waals surface area contributed by atoms with Crippen LogP contribution in [-0.4, -0.2) is 72.9 Å². The Labute approximate surface area is 170 Å². The molecule has 6 nitrogen and oxygen atoms in total. The van der Waals surface area contributed by atoms with Crippen LogP contribution in [0.5, 0.6) is 5.75 Å². The lowest BCUT2D eigenvalue weighted by atomic mass is 10.1. The third-order valence-corrected chi connectivity index (χ3v) is 6.39. The zero-order chi connectivity index (χ0) is 19.3. The lowest BCUT2D eigenvalue weighted by Crippen LogP contribution is -2.60. The Bertz CT molecular complexity index is 803. The second-order valence-corrected chi connectivity index (χ2v) is 8.43. The first kappa shape index (κ1) is 19.3. The average Bonchev–Trinajstić information content (AvgIpc) is 3.11. The summed E-state index contributed by atoms with van der Waals surface area (Å²) in [7, 11) is 0. The van der Waals surface area contributed by atoms with Crippen LogP contribution in [0.25, 0.3) is 0 Å². The number of aromatic nitrogens is 1. The molecule has 2 aromatic rings. The SMILES string of the molecule is Cc1ncsc1CCN1CC2CN(CCOc3ccc(C#N)cc3)CC(C1)O2. The smallest absolute Gasteiger partial charge is 0.119 e. The molecule has 2 aliphatic heterocycles. The zero-order valence-electron chi connectivity index (χ0n) is 16.2. The van der Waals surface area contributed by atoms with E-state index in [1.807, 2.05) is 17.6 Å². The van der Waals surface area contributed by atoms with Gasteiger partial charge in [-0.05, 0) is 37.6 Å². The van der Waals surface area contributed by atoms with Crippen molar-refractivity contribution in [1.82, 2.24) is 14.8 Å². The molecule has 0 aliphatic carbocycles. The van der Waals surface area contributed by atoms with E-state index in [-0.39, 0.29) is 12.2 Å². The standard InChI is InChI=1S/C21H26N4O2S/c1-16-21(28-15-23-16)6-7-24-11-19-13-25(14-20(12-24)27-19)8-9-26-18-4-2-17(10-22)3-5-18/h2-5,15,19-20H,6-9,11-14H2,1H3. The summed E-state index contributed by atoms with van der Waals surface area (Å²) in [4.78, 5) is 10.7. The van der Waals surface area contributed by atoms with Crippen LogP contribution in [-0.2, 0) is 11.2 Å². The number of ether oxygens (including phenoxy) is 2. The highest BCUT2D eigenvalue weighted by molar-refractivity contribution is 7.09. The number of fused-ring (bicyclic) bond motifs is 2. The van der Waals surface area contributed by atoms with Crippen molar-refractivity contribution in [3.63, 3.8) is 0 Å². The first-order chi connectivity index (χ1) is 13.7. The van der Waals surface area contributed by atoms with E-state index in [2.05, 4.69) is 27.8 Å². The van der Waals surface area contributed by atoms with Crippen molar-refractivity contribution in [3.8, 4) is 11.8 Å². The van der Waals surface area contributed by atoms with Crippen LogP contribution in [0, 0.1) is 18.3 Å². The maximum absolute atomic E-state index is 8.85. The van der Waals surface area contributed by atoms with Crippen LogP contribution >= 0.6 is 11.3 Å². The first-order valence-electron chi connectivity index (χ1n) is 9.81. The van der Waals surface area contributed by atoms with Crippen LogP contribution < -0.4 is 4.74 Å². The molecule has 3 heterocycles. The largest absolute Gasteiger partial charge is 0.492 e. The molecule has 2 fully saturated rings. The molecule has 1 aromatic carbocycles. The monoisotopic (exact) mass is 398 g/mol. The van der Waals surface area contributed by atoms with Crippen molar-refractivity contribution in [3.05, 3.63) is 45.9 Å². The minimum atomic E-state index is 0.282. The van der Waals surface area contributed by atoms with Crippen molar-refractivity contribution in [2.75, 3.05) is 45.9 Å². The van der Waals surface area contributed by atoms with E-state index in [4.69, 9.17) is 14.7 Å². The highest BCUT2D eigenvalue weighted by atomic mass is 32.1. The van der Waals surface area contributed by atoms with E-state index < -0.39 is 0 Å². The van der Waals surface area contributed by atoms with E-state index >= 15 is 0 Å². The van der Waals surface area contributed by atoms with Crippen molar-refractivity contribution >= 4 is 11.3 Å². The van der Waals surface area contributed by atoms with Gasteiger partial charge in [0.1, 0.15) is 12.4 Å². The molecule has 4 rings (SSSR count). The number of nitrogens with zero attached hydrogens (tertiary/aromatic N) is 4. The molecule has 2 saturated heterocycles. The molecule has 2 unspecified atom stereocenters. The highest BCUT2D eigenvalue weighted by Crippen LogP contribution is 2.21. The number of morpholine rings is 2. The van der Waals surface area contributed by atoms with Crippen LogP contribution in [0.1, 0.15) is 16.1 Å². The Morgan fingerprint density at radius 3 is 2.43 bits per heavy atom. The number of nitriles is 1. The van der Waals surface area contributed by atoms with Gasteiger partial charge in [0.25, 0.3) is 0 Å². The summed E-state index contributed by atoms with van der Waals surface area (Å²) in [6.07, 6.45) is 1.65. The Morgan fingerprint density at radius 1 is 1.14 bits per heavy atom. The zero-order valence-corrected chi connectivity index (χ0v) is 17.0. The molecule has 0 N–H and O–H groups in total. The lowest BCUT2D eigenvalue weighted by Gasteiger charge is -2.45. The number of hydrogen-bond acceptors (Lipinski definition) is 7. The van der Waals surface area contributed by atoms with Gasteiger partial charge in [-0.2, -0.15) is 5.26 Å². The van der Waals surface area contributed by atoms with E-state index in [1.54, 1.807) is 23.5 Å². The highest BCUT2D eigenvalue weighted by Gasteiger charge is 2.34. The van der Waals surface area contributed by atoms with E-state index in [0.29, 0.717) is 12.2 Å². The lowest BCUT2D eigenvalue weighted by molar-refractivity contribution is -0.139. The summed E-state index contributed by atoms with van der Waals surface area (Å²) >= 11 is 1.76. The van der Waals surface area contributed by atoms with E-state index in [1.165, 1.54) is 10.6 Å². The van der Waals surface area contributed by atoms with Gasteiger partial charge in [-0.25, -0.2) is 4.98 Å². The predicted octanol–water partition coefficient (Wildman–Crippen LogP) is 2.33. The van der Waals surface area contributed by atoms with Gasteiger partial charge in [-0.1, -0.05) is 0 Å². The minimum Gasteiger partial charge on any atom is -0.492 e. The second-order valence-electron chi connectivity index (χ2n) is 7.49. The third-order valence-electron chi connectivity index (χ3n) is 5.39. The van der Waals surface area contributed by atoms with Gasteiger partial charge in [0.05, 0.1) is 35.0 Å². The summed E-state index contributed by atoms with van der Waals surface area (Å²) < 4.78 is 12.0. The van der Waals surface area contributed by atoms with Gasteiger partial charge in [-0.3, -0.25) is 9.80 Å². The first-order valence-corrected chi connectivity index (χ1v) is 10.7. The summed E-state index contributed by atoms with van der Waals surface area (Å²) in [6, 6.07) is 9.41. The van der Waals surface area contributed by atoms with Crippen molar-refractivity contribution in [2.45, 2.75) is 25.6 Å². The molecule has 0 amide bonds. The molecule has 0 spiro atoms. The van der Waals surface area contributed by atoms with E-state index in [0.717, 1.165) is 51.4 Å². The fourth-order valence-electron chi connectivity index (χ4n) is 3.97. The normalized spacial score (nSPS) is 22.7. The summed E-state index contributed by atoms with van der Waals surface area (Å²) in [5.74, 6) is 0.817. The Balaban J connectivity index is 1.20. The number of aryl methyl sites for hydroxylation is 1. The van der Waals surface area contributed by atoms with Crippen molar-refractivity contribution in [2.24, 2.45) is 0 Å². The van der Waals surface area contributed by atoms with Gasteiger partial charge in [0, 0.05) is 44.1 Å². The second kappa shape index (κ2) is 9.01. The molecule has 1 aromatic heterocycles. The van der Waals surface area contributed by atoms with Gasteiger partial charge in [0.2, 0.25) is 0 Å². The van der Waals surface area contributed by atoms with Crippen molar-refractivity contribution in [1.29, 1.82) is 5.26 Å². The number of thiazole rings is 1. The van der Waals surface area contributed by atoms with Gasteiger partial charge in [0.15, 0.2) is 0 Å². The molecule has 28 heavy (non-hydrogen) atoms. The molecule has 2 atom stereocenters. The maximum atomic E-state index is 8.85. The minimum absolute atomic E-state index is 0.282. The van der Waals surface area contributed by atoms with Crippen LogP contribution in [0.4, 0.5) is 0 Å². The molecule has 2 bridgehead atoms. The average molecular weight is 399 g/mol. The molecule has 2 aliphatic rings. The summed E-state index contributed by atoms with van der Waals surface area (Å²) in [5.41, 5.74) is 3.77. The molecule has 148 valence electrons.